The quantitative estimate of drug-likeness (QED) is 0.724. The van der Waals surface area contributed by atoms with Crippen molar-refractivity contribution in [3.63, 3.8) is 0 Å². The van der Waals surface area contributed by atoms with E-state index in [-0.39, 0.29) is 18.0 Å². The first-order valence-electron chi connectivity index (χ1n) is 8.95. The van der Waals surface area contributed by atoms with Gasteiger partial charge in [-0.3, -0.25) is 9.59 Å². The average Bonchev–Trinajstić information content (AvgIpc) is 3.12. The molecule has 1 aromatic heterocycles. The van der Waals surface area contributed by atoms with E-state index in [1.54, 1.807) is 17.7 Å². The maximum Gasteiger partial charge on any atom is 0.251 e. The third-order valence-electron chi connectivity index (χ3n) is 4.76. The highest BCUT2D eigenvalue weighted by atomic mass is 19.1. The molecule has 2 amide bonds. The standard InChI is InChI=1S/C21H19FN4O2/c1-12-8-9-16(15(22)10-12)23-18(27)11-17-21(28)24-20-19(13(2)25-26(17)20)14-6-4-3-5-7-14/h3-10,17H,11H2,1-2H3,(H,23,27)(H,24,28). The van der Waals surface area contributed by atoms with Gasteiger partial charge in [0.25, 0.3) is 5.91 Å². The monoisotopic (exact) mass is 378 g/mol. The van der Waals surface area contributed by atoms with E-state index in [9.17, 15) is 14.0 Å². The number of benzene rings is 2. The molecule has 0 saturated heterocycles. The van der Waals surface area contributed by atoms with Crippen molar-refractivity contribution in [1.29, 1.82) is 0 Å². The van der Waals surface area contributed by atoms with Crippen LogP contribution in [0.1, 0.15) is 23.7 Å². The van der Waals surface area contributed by atoms with Crippen molar-refractivity contribution in [1.82, 2.24) is 9.78 Å². The molecule has 0 spiro atoms. The first kappa shape index (κ1) is 17.9. The van der Waals surface area contributed by atoms with Gasteiger partial charge in [0, 0.05) is 5.56 Å². The third-order valence-corrected chi connectivity index (χ3v) is 4.76. The van der Waals surface area contributed by atoms with Crippen LogP contribution in [0.25, 0.3) is 11.1 Å². The Labute approximate surface area is 161 Å². The summed E-state index contributed by atoms with van der Waals surface area (Å²) in [7, 11) is 0. The lowest BCUT2D eigenvalue weighted by molar-refractivity contribution is -0.123. The van der Waals surface area contributed by atoms with Gasteiger partial charge in [-0.15, -0.1) is 0 Å². The number of aromatic nitrogens is 2. The lowest BCUT2D eigenvalue weighted by Gasteiger charge is -2.11. The molecule has 0 saturated carbocycles. The normalized spacial score (nSPS) is 15.2. The number of aryl methyl sites for hydroxylation is 2. The Morgan fingerprint density at radius 3 is 2.68 bits per heavy atom. The van der Waals surface area contributed by atoms with Crippen LogP contribution in [0.15, 0.2) is 48.5 Å². The maximum absolute atomic E-state index is 14.0. The van der Waals surface area contributed by atoms with Gasteiger partial charge in [0.05, 0.1) is 17.8 Å². The highest BCUT2D eigenvalue weighted by molar-refractivity contribution is 6.04. The molecule has 7 heteroatoms. The van der Waals surface area contributed by atoms with Gasteiger partial charge in [-0.1, -0.05) is 36.4 Å². The zero-order valence-electron chi connectivity index (χ0n) is 15.5. The molecule has 142 valence electrons. The number of hydrogen-bond donors (Lipinski definition) is 2. The van der Waals surface area contributed by atoms with Crippen molar-refractivity contribution in [3.8, 4) is 11.1 Å². The summed E-state index contributed by atoms with van der Waals surface area (Å²) >= 11 is 0. The number of carbonyl (C=O) groups excluding carboxylic acids is 2. The Balaban J connectivity index is 1.58. The molecule has 4 rings (SSSR count). The third kappa shape index (κ3) is 3.15. The van der Waals surface area contributed by atoms with Crippen molar-refractivity contribution in [2.75, 3.05) is 10.6 Å². The Bertz CT molecular complexity index is 1080. The second kappa shape index (κ2) is 6.92. The van der Waals surface area contributed by atoms with E-state index in [0.29, 0.717) is 5.82 Å². The predicted octanol–water partition coefficient (Wildman–Crippen LogP) is 3.83. The smallest absolute Gasteiger partial charge is 0.251 e. The van der Waals surface area contributed by atoms with E-state index in [1.165, 1.54) is 12.1 Å². The molecule has 0 aliphatic carbocycles. The van der Waals surface area contributed by atoms with Gasteiger partial charge in [0.1, 0.15) is 17.7 Å². The first-order chi connectivity index (χ1) is 13.4. The van der Waals surface area contributed by atoms with Crippen LogP contribution in [0.2, 0.25) is 0 Å². The molecular formula is C21H19FN4O2. The molecule has 1 aliphatic rings. The van der Waals surface area contributed by atoms with E-state index in [0.717, 1.165) is 22.4 Å². The number of nitrogens with zero attached hydrogens (tertiary/aromatic N) is 2. The number of fused-ring (bicyclic) bond motifs is 1. The summed E-state index contributed by atoms with van der Waals surface area (Å²) in [4.78, 5) is 24.9. The van der Waals surface area contributed by atoms with Crippen LogP contribution in [-0.4, -0.2) is 21.6 Å². The number of nitrogens with one attached hydrogen (secondary N) is 2. The lowest BCUT2D eigenvalue weighted by atomic mass is 10.1. The van der Waals surface area contributed by atoms with Crippen LogP contribution in [0.5, 0.6) is 0 Å². The molecule has 1 atom stereocenters. The van der Waals surface area contributed by atoms with Crippen LogP contribution in [0.4, 0.5) is 15.9 Å². The molecule has 28 heavy (non-hydrogen) atoms. The number of carbonyl (C=O) groups is 2. The largest absolute Gasteiger partial charge is 0.324 e. The van der Waals surface area contributed by atoms with Crippen molar-refractivity contribution in [2.24, 2.45) is 0 Å². The molecule has 2 heterocycles. The van der Waals surface area contributed by atoms with Gasteiger partial charge in [-0.05, 0) is 37.1 Å². The molecule has 3 aromatic rings. The van der Waals surface area contributed by atoms with E-state index in [2.05, 4.69) is 15.7 Å². The molecule has 0 radical (unpaired) electrons. The van der Waals surface area contributed by atoms with Crippen molar-refractivity contribution < 1.29 is 14.0 Å². The number of rotatable bonds is 4. The van der Waals surface area contributed by atoms with Gasteiger partial charge in [-0.2, -0.15) is 5.10 Å². The molecule has 0 bridgehead atoms. The molecule has 0 fully saturated rings. The Morgan fingerprint density at radius 1 is 1.21 bits per heavy atom. The minimum Gasteiger partial charge on any atom is -0.324 e. The fourth-order valence-corrected chi connectivity index (χ4v) is 3.43. The summed E-state index contributed by atoms with van der Waals surface area (Å²) in [6.07, 6.45) is -0.137. The summed E-state index contributed by atoms with van der Waals surface area (Å²) in [5.74, 6) is -0.691. The van der Waals surface area contributed by atoms with Gasteiger partial charge in [-0.25, -0.2) is 9.07 Å². The zero-order valence-corrected chi connectivity index (χ0v) is 15.5. The van der Waals surface area contributed by atoms with Crippen molar-refractivity contribution in [3.05, 3.63) is 65.6 Å². The maximum atomic E-state index is 14.0. The second-order valence-corrected chi connectivity index (χ2v) is 6.86. The molecule has 2 aromatic carbocycles. The second-order valence-electron chi connectivity index (χ2n) is 6.86. The number of halogens is 1. The van der Waals surface area contributed by atoms with Crippen LogP contribution >= 0.6 is 0 Å². The van der Waals surface area contributed by atoms with Gasteiger partial charge < -0.3 is 10.6 Å². The van der Waals surface area contributed by atoms with Gasteiger partial charge in [0.15, 0.2) is 0 Å². The highest BCUT2D eigenvalue weighted by Gasteiger charge is 2.36. The number of hydrogen-bond acceptors (Lipinski definition) is 3. The van der Waals surface area contributed by atoms with Crippen LogP contribution < -0.4 is 10.6 Å². The summed E-state index contributed by atoms with van der Waals surface area (Å²) in [5, 5.41) is 9.83. The summed E-state index contributed by atoms with van der Waals surface area (Å²) in [6.45, 7) is 3.63. The van der Waals surface area contributed by atoms with E-state index < -0.39 is 17.8 Å². The topological polar surface area (TPSA) is 76.0 Å². The van der Waals surface area contributed by atoms with Gasteiger partial charge >= 0.3 is 0 Å². The summed E-state index contributed by atoms with van der Waals surface area (Å²) < 4.78 is 15.5. The van der Waals surface area contributed by atoms with Crippen LogP contribution in [-0.2, 0) is 9.59 Å². The lowest BCUT2D eigenvalue weighted by Crippen LogP contribution is -2.24. The number of amides is 2. The molecule has 1 aliphatic heterocycles. The van der Waals surface area contributed by atoms with Crippen molar-refractivity contribution >= 4 is 23.3 Å². The minimum absolute atomic E-state index is 0.0934. The molecule has 6 nitrogen and oxygen atoms in total. The fourth-order valence-electron chi connectivity index (χ4n) is 3.43. The zero-order chi connectivity index (χ0) is 19.8. The first-order valence-corrected chi connectivity index (χ1v) is 8.95. The van der Waals surface area contributed by atoms with Crippen molar-refractivity contribution in [2.45, 2.75) is 26.3 Å². The Kier molecular flexibility index (Phi) is 4.43. The van der Waals surface area contributed by atoms with Crippen LogP contribution in [0, 0.1) is 19.7 Å². The Morgan fingerprint density at radius 2 is 1.96 bits per heavy atom. The van der Waals surface area contributed by atoms with E-state index in [4.69, 9.17) is 0 Å². The van der Waals surface area contributed by atoms with E-state index >= 15 is 0 Å². The van der Waals surface area contributed by atoms with Gasteiger partial charge in [0.2, 0.25) is 5.91 Å². The average molecular weight is 378 g/mol. The Hall–Kier alpha value is -3.48. The molecular weight excluding hydrogens is 359 g/mol. The van der Waals surface area contributed by atoms with Crippen LogP contribution in [0.3, 0.4) is 0 Å². The predicted molar refractivity (Wildman–Crippen MR) is 104 cm³/mol. The fraction of sp³-hybridized carbons (Fsp3) is 0.190. The van der Waals surface area contributed by atoms with E-state index in [1.807, 2.05) is 37.3 Å². The molecule has 2 N–H and O–H groups in total. The minimum atomic E-state index is -0.778. The summed E-state index contributed by atoms with van der Waals surface area (Å²) in [6, 6.07) is 13.4. The SMILES string of the molecule is Cc1ccc(NC(=O)CC2C(=O)Nc3c(-c4ccccc4)c(C)nn32)c(F)c1. The number of anilines is 2. The highest BCUT2D eigenvalue weighted by Crippen LogP contribution is 2.38. The summed E-state index contributed by atoms with van der Waals surface area (Å²) in [5.41, 5.74) is 3.39. The molecule has 1 unspecified atom stereocenters.